The van der Waals surface area contributed by atoms with Crippen LogP contribution in [-0.2, 0) is 11.3 Å². The van der Waals surface area contributed by atoms with Crippen LogP contribution in [0.1, 0.15) is 32.6 Å². The zero-order chi connectivity index (χ0) is 15.5. The van der Waals surface area contributed by atoms with Crippen LogP contribution in [0.5, 0.6) is 0 Å². The van der Waals surface area contributed by atoms with Crippen LogP contribution in [-0.4, -0.2) is 53.6 Å². The van der Waals surface area contributed by atoms with Gasteiger partial charge in [0.05, 0.1) is 29.6 Å². The molecule has 0 aliphatic carbocycles. The Hall–Kier alpha value is -0.620. The van der Waals surface area contributed by atoms with E-state index in [2.05, 4.69) is 10.00 Å². The van der Waals surface area contributed by atoms with Gasteiger partial charge in [-0.2, -0.15) is 5.10 Å². The highest BCUT2D eigenvalue weighted by molar-refractivity contribution is 6.31. The van der Waals surface area contributed by atoms with Crippen molar-refractivity contribution < 1.29 is 9.84 Å². The van der Waals surface area contributed by atoms with E-state index in [0.717, 1.165) is 6.54 Å². The molecule has 0 saturated heterocycles. The fourth-order valence-electron chi connectivity index (χ4n) is 2.24. The fraction of sp³-hybridized carbons (Fsp3) is 0.786. The van der Waals surface area contributed by atoms with Gasteiger partial charge in [0, 0.05) is 13.7 Å². The van der Waals surface area contributed by atoms with E-state index in [0.29, 0.717) is 17.3 Å². The third-order valence-electron chi connectivity index (χ3n) is 3.27. The maximum atomic E-state index is 10.6. The van der Waals surface area contributed by atoms with Crippen LogP contribution in [0.15, 0.2) is 6.20 Å². The van der Waals surface area contributed by atoms with E-state index in [-0.39, 0.29) is 11.5 Å². The second-order valence-corrected chi connectivity index (χ2v) is 6.78. The molecule has 0 fully saturated rings. The third kappa shape index (κ3) is 4.19. The summed E-state index contributed by atoms with van der Waals surface area (Å²) in [5.74, 6) is 0. The van der Waals surface area contributed by atoms with Gasteiger partial charge in [0.1, 0.15) is 6.10 Å². The number of aromatic nitrogens is 2. The first-order valence-corrected chi connectivity index (χ1v) is 7.13. The molecule has 0 radical (unpaired) electrons. The largest absolute Gasteiger partial charge is 0.384 e. The predicted octanol–water partition coefficient (Wildman–Crippen LogP) is 2.19. The first kappa shape index (κ1) is 17.4. The molecule has 0 amide bonds. The highest BCUT2D eigenvalue weighted by Crippen LogP contribution is 2.35. The van der Waals surface area contributed by atoms with Crippen molar-refractivity contribution in [2.24, 2.45) is 5.41 Å². The standard InChI is InChI=1S/C14H26ClN3O2/c1-14(2,3)13(20-6)12(19)11-10(15)9-16-18(11)8-7-17(4)5/h9,12-13,19H,7-8H2,1-6H3. The topological polar surface area (TPSA) is 50.5 Å². The molecule has 20 heavy (non-hydrogen) atoms. The van der Waals surface area contributed by atoms with Crippen molar-refractivity contribution >= 4 is 11.6 Å². The lowest BCUT2D eigenvalue weighted by Gasteiger charge is -2.33. The van der Waals surface area contributed by atoms with E-state index < -0.39 is 6.10 Å². The molecule has 0 aliphatic rings. The van der Waals surface area contributed by atoms with Crippen molar-refractivity contribution in [2.75, 3.05) is 27.7 Å². The molecule has 1 aromatic heterocycles. The van der Waals surface area contributed by atoms with E-state index in [1.807, 2.05) is 34.9 Å². The summed E-state index contributed by atoms with van der Waals surface area (Å²) in [4.78, 5) is 2.06. The molecule has 116 valence electrons. The van der Waals surface area contributed by atoms with Gasteiger partial charge in [-0.05, 0) is 19.5 Å². The SMILES string of the molecule is COC(C(O)c1c(Cl)cnn1CCN(C)C)C(C)(C)C. The average molecular weight is 304 g/mol. The number of methoxy groups -OCH3 is 1. The van der Waals surface area contributed by atoms with Crippen molar-refractivity contribution in [1.82, 2.24) is 14.7 Å². The van der Waals surface area contributed by atoms with Crippen LogP contribution in [0.2, 0.25) is 5.02 Å². The molecule has 0 saturated carbocycles. The number of aliphatic hydroxyl groups excluding tert-OH is 1. The molecule has 0 aromatic carbocycles. The number of aliphatic hydroxyl groups is 1. The second kappa shape index (κ2) is 6.89. The fourth-order valence-corrected chi connectivity index (χ4v) is 2.49. The van der Waals surface area contributed by atoms with Gasteiger partial charge in [0.15, 0.2) is 0 Å². The van der Waals surface area contributed by atoms with Gasteiger partial charge in [-0.3, -0.25) is 4.68 Å². The lowest BCUT2D eigenvalue weighted by molar-refractivity contribution is -0.0755. The van der Waals surface area contributed by atoms with Crippen molar-refractivity contribution in [3.05, 3.63) is 16.9 Å². The quantitative estimate of drug-likeness (QED) is 0.875. The van der Waals surface area contributed by atoms with Gasteiger partial charge in [0.25, 0.3) is 0 Å². The number of hydrogen-bond donors (Lipinski definition) is 1. The highest BCUT2D eigenvalue weighted by atomic mass is 35.5. The smallest absolute Gasteiger partial charge is 0.124 e. The molecular weight excluding hydrogens is 278 g/mol. The van der Waals surface area contributed by atoms with E-state index in [4.69, 9.17) is 16.3 Å². The Kier molecular flexibility index (Phi) is 6.01. The lowest BCUT2D eigenvalue weighted by Crippen LogP contribution is -2.36. The first-order chi connectivity index (χ1) is 9.18. The Bertz CT molecular complexity index is 427. The summed E-state index contributed by atoms with van der Waals surface area (Å²) in [6, 6.07) is 0. The molecule has 1 heterocycles. The molecule has 2 unspecified atom stereocenters. The minimum atomic E-state index is -0.808. The minimum absolute atomic E-state index is 0.200. The normalized spacial score (nSPS) is 15.7. The Labute approximate surface area is 126 Å². The predicted molar refractivity (Wildman–Crippen MR) is 81.0 cm³/mol. The van der Waals surface area contributed by atoms with Crippen LogP contribution in [0.25, 0.3) is 0 Å². The number of ether oxygens (including phenoxy) is 1. The summed E-state index contributed by atoms with van der Waals surface area (Å²) in [5.41, 5.74) is 0.420. The number of rotatable bonds is 6. The van der Waals surface area contributed by atoms with E-state index in [1.165, 1.54) is 0 Å². The Balaban J connectivity index is 3.02. The molecule has 1 rings (SSSR count). The van der Waals surface area contributed by atoms with Crippen molar-refractivity contribution in [2.45, 2.75) is 39.5 Å². The minimum Gasteiger partial charge on any atom is -0.384 e. The highest BCUT2D eigenvalue weighted by Gasteiger charge is 2.35. The van der Waals surface area contributed by atoms with Gasteiger partial charge >= 0.3 is 0 Å². The Morgan fingerprint density at radius 3 is 2.50 bits per heavy atom. The first-order valence-electron chi connectivity index (χ1n) is 6.75. The summed E-state index contributed by atoms with van der Waals surface area (Å²) in [6.45, 7) is 7.58. The number of hydrogen-bond acceptors (Lipinski definition) is 4. The number of likely N-dealkylation sites (N-methyl/N-ethyl adjacent to an activating group) is 1. The molecule has 5 nitrogen and oxygen atoms in total. The van der Waals surface area contributed by atoms with Crippen molar-refractivity contribution in [3.63, 3.8) is 0 Å². The summed E-state index contributed by atoms with van der Waals surface area (Å²) >= 11 is 6.19. The van der Waals surface area contributed by atoms with Crippen LogP contribution >= 0.6 is 11.6 Å². The van der Waals surface area contributed by atoms with Crippen LogP contribution in [0.3, 0.4) is 0 Å². The van der Waals surface area contributed by atoms with E-state index in [9.17, 15) is 5.11 Å². The lowest BCUT2D eigenvalue weighted by atomic mass is 9.84. The van der Waals surface area contributed by atoms with Gasteiger partial charge in [-0.25, -0.2) is 0 Å². The third-order valence-corrected chi connectivity index (χ3v) is 3.56. The van der Waals surface area contributed by atoms with Crippen molar-refractivity contribution in [3.8, 4) is 0 Å². The van der Waals surface area contributed by atoms with Gasteiger partial charge in [0.2, 0.25) is 0 Å². The number of nitrogens with zero attached hydrogens (tertiary/aromatic N) is 3. The monoisotopic (exact) mass is 303 g/mol. The Morgan fingerprint density at radius 2 is 2.05 bits per heavy atom. The Morgan fingerprint density at radius 1 is 1.45 bits per heavy atom. The molecule has 1 N–H and O–H groups in total. The molecule has 2 atom stereocenters. The molecule has 0 spiro atoms. The summed E-state index contributed by atoms with van der Waals surface area (Å²) in [5, 5.41) is 15.4. The summed E-state index contributed by atoms with van der Waals surface area (Å²) < 4.78 is 7.23. The maximum absolute atomic E-state index is 10.6. The molecular formula is C14H26ClN3O2. The zero-order valence-corrected chi connectivity index (χ0v) is 14.0. The zero-order valence-electron chi connectivity index (χ0n) is 13.2. The summed E-state index contributed by atoms with van der Waals surface area (Å²) in [7, 11) is 5.59. The second-order valence-electron chi connectivity index (χ2n) is 6.37. The summed E-state index contributed by atoms with van der Waals surface area (Å²) in [6.07, 6.45) is 0.414. The van der Waals surface area contributed by atoms with Crippen LogP contribution in [0.4, 0.5) is 0 Å². The van der Waals surface area contributed by atoms with Gasteiger partial charge in [-0.15, -0.1) is 0 Å². The number of halogens is 1. The van der Waals surface area contributed by atoms with Crippen LogP contribution in [0, 0.1) is 5.41 Å². The molecule has 0 bridgehead atoms. The van der Waals surface area contributed by atoms with E-state index >= 15 is 0 Å². The van der Waals surface area contributed by atoms with Gasteiger partial charge < -0.3 is 14.7 Å². The average Bonchev–Trinajstić information content (AvgIpc) is 2.66. The van der Waals surface area contributed by atoms with E-state index in [1.54, 1.807) is 18.0 Å². The molecule has 0 aliphatic heterocycles. The van der Waals surface area contributed by atoms with Gasteiger partial charge in [-0.1, -0.05) is 32.4 Å². The maximum Gasteiger partial charge on any atom is 0.124 e. The van der Waals surface area contributed by atoms with Crippen molar-refractivity contribution in [1.29, 1.82) is 0 Å². The molecule has 6 heteroatoms. The molecule has 1 aromatic rings. The van der Waals surface area contributed by atoms with Crippen LogP contribution < -0.4 is 0 Å².